The molecule has 0 aliphatic rings. The van der Waals surface area contributed by atoms with Crippen LogP contribution in [0.25, 0.3) is 0 Å². The zero-order valence-electron chi connectivity index (χ0n) is 23.5. The molecule has 220 valence electrons. The number of amides is 2. The topological polar surface area (TPSA) is 96.0 Å². The van der Waals surface area contributed by atoms with Gasteiger partial charge in [-0.2, -0.15) is 0 Å². The van der Waals surface area contributed by atoms with Gasteiger partial charge in [0.25, 0.3) is 10.0 Å². The number of nitrogens with zero attached hydrogens (tertiary/aromatic N) is 2. The molecule has 2 amide bonds. The van der Waals surface area contributed by atoms with E-state index >= 15 is 0 Å². The first-order valence-electron chi connectivity index (χ1n) is 13.3. The second-order valence-electron chi connectivity index (χ2n) is 9.53. The number of methoxy groups -OCH3 is 1. The van der Waals surface area contributed by atoms with Crippen molar-refractivity contribution in [3.05, 3.63) is 89.2 Å². The van der Waals surface area contributed by atoms with Crippen molar-refractivity contribution in [2.75, 3.05) is 18.0 Å². The van der Waals surface area contributed by atoms with Gasteiger partial charge in [0.2, 0.25) is 11.8 Å². The van der Waals surface area contributed by atoms with Gasteiger partial charge >= 0.3 is 0 Å². The predicted molar refractivity (Wildman–Crippen MR) is 158 cm³/mol. The van der Waals surface area contributed by atoms with Gasteiger partial charge in [0, 0.05) is 12.6 Å². The first kappa shape index (κ1) is 31.9. The van der Waals surface area contributed by atoms with Crippen LogP contribution in [-0.4, -0.2) is 50.9 Å². The van der Waals surface area contributed by atoms with E-state index in [0.717, 1.165) is 22.0 Å². The van der Waals surface area contributed by atoms with Crippen LogP contribution in [-0.2, 0) is 26.2 Å². The Labute approximate surface area is 246 Å². The molecular formula is C30H35ClFN3O5S. The minimum Gasteiger partial charge on any atom is -0.497 e. The van der Waals surface area contributed by atoms with Crippen LogP contribution < -0.4 is 14.4 Å². The van der Waals surface area contributed by atoms with E-state index in [1.807, 2.05) is 13.8 Å². The zero-order valence-corrected chi connectivity index (χ0v) is 25.1. The second-order valence-corrected chi connectivity index (χ2v) is 11.8. The molecule has 0 bridgehead atoms. The SMILES string of the molecule is CC[C@@H](C)NC(=O)[C@H](CC)N(Cc1ccc(OC)cc1)C(=O)CN(c1ccc(F)c(Cl)c1)S(=O)(=O)c1ccccc1. The summed E-state index contributed by atoms with van der Waals surface area (Å²) in [6.45, 7) is 4.98. The van der Waals surface area contributed by atoms with Crippen LogP contribution in [0.1, 0.15) is 39.2 Å². The Kier molecular flexibility index (Phi) is 11.1. The highest BCUT2D eigenvalue weighted by Crippen LogP contribution is 2.28. The maximum Gasteiger partial charge on any atom is 0.264 e. The number of carbonyl (C=O) groups excluding carboxylic acids is 2. The number of ether oxygens (including phenoxy) is 1. The van der Waals surface area contributed by atoms with Gasteiger partial charge in [0.1, 0.15) is 24.2 Å². The Balaban J connectivity index is 2.06. The molecule has 0 spiro atoms. The summed E-state index contributed by atoms with van der Waals surface area (Å²) >= 11 is 6.01. The summed E-state index contributed by atoms with van der Waals surface area (Å²) in [4.78, 5) is 28.7. The lowest BCUT2D eigenvalue weighted by Crippen LogP contribution is -2.53. The number of sulfonamides is 1. The molecule has 3 aromatic rings. The number of anilines is 1. The second kappa shape index (κ2) is 14.3. The maximum absolute atomic E-state index is 14.1. The van der Waals surface area contributed by atoms with E-state index in [9.17, 15) is 22.4 Å². The van der Waals surface area contributed by atoms with Crippen LogP contribution >= 0.6 is 11.6 Å². The predicted octanol–water partition coefficient (Wildman–Crippen LogP) is 5.41. The van der Waals surface area contributed by atoms with Crippen molar-refractivity contribution in [1.29, 1.82) is 0 Å². The molecule has 0 saturated heterocycles. The molecule has 3 rings (SSSR count). The van der Waals surface area contributed by atoms with E-state index in [1.54, 1.807) is 56.5 Å². The third-order valence-electron chi connectivity index (χ3n) is 6.70. The smallest absolute Gasteiger partial charge is 0.264 e. The number of hydrogen-bond donors (Lipinski definition) is 1. The fourth-order valence-electron chi connectivity index (χ4n) is 4.18. The summed E-state index contributed by atoms with van der Waals surface area (Å²) < 4.78 is 47.7. The molecule has 0 aliphatic carbocycles. The van der Waals surface area contributed by atoms with Gasteiger partial charge in [-0.1, -0.05) is 55.8 Å². The Bertz CT molecular complexity index is 1440. The molecule has 8 nitrogen and oxygen atoms in total. The lowest BCUT2D eigenvalue weighted by atomic mass is 10.1. The summed E-state index contributed by atoms with van der Waals surface area (Å²) in [5, 5.41) is 2.64. The molecule has 0 radical (unpaired) electrons. The van der Waals surface area contributed by atoms with Crippen molar-refractivity contribution in [2.45, 2.75) is 57.1 Å². The van der Waals surface area contributed by atoms with Crippen LogP contribution in [0.2, 0.25) is 5.02 Å². The molecule has 3 aromatic carbocycles. The highest BCUT2D eigenvalue weighted by Gasteiger charge is 2.34. The quantitative estimate of drug-likeness (QED) is 0.282. The monoisotopic (exact) mass is 603 g/mol. The van der Waals surface area contributed by atoms with Crippen LogP contribution in [0.3, 0.4) is 0 Å². The third kappa shape index (κ3) is 7.98. The molecule has 11 heteroatoms. The number of carbonyl (C=O) groups is 2. The first-order valence-corrected chi connectivity index (χ1v) is 15.1. The van der Waals surface area contributed by atoms with E-state index in [1.165, 1.54) is 23.1 Å². The van der Waals surface area contributed by atoms with E-state index in [2.05, 4.69) is 5.32 Å². The maximum atomic E-state index is 14.1. The largest absolute Gasteiger partial charge is 0.497 e. The Morgan fingerprint density at radius 2 is 1.66 bits per heavy atom. The van der Waals surface area contributed by atoms with Crippen molar-refractivity contribution in [2.24, 2.45) is 0 Å². The minimum atomic E-state index is -4.28. The van der Waals surface area contributed by atoms with E-state index in [-0.39, 0.29) is 40.5 Å². The number of halogens is 2. The van der Waals surface area contributed by atoms with Crippen molar-refractivity contribution in [1.82, 2.24) is 10.2 Å². The number of nitrogens with one attached hydrogen (secondary N) is 1. The van der Waals surface area contributed by atoms with Gasteiger partial charge in [-0.3, -0.25) is 13.9 Å². The zero-order chi connectivity index (χ0) is 30.2. The molecule has 2 atom stereocenters. The molecule has 0 unspecified atom stereocenters. The third-order valence-corrected chi connectivity index (χ3v) is 8.78. The van der Waals surface area contributed by atoms with Crippen molar-refractivity contribution in [3.63, 3.8) is 0 Å². The van der Waals surface area contributed by atoms with Gasteiger partial charge in [0.15, 0.2) is 0 Å². The van der Waals surface area contributed by atoms with Crippen molar-refractivity contribution in [3.8, 4) is 5.75 Å². The normalized spacial score (nSPS) is 12.7. The number of rotatable bonds is 13. The van der Waals surface area contributed by atoms with Crippen LogP contribution in [0.5, 0.6) is 5.75 Å². The number of hydrogen-bond acceptors (Lipinski definition) is 5. The van der Waals surface area contributed by atoms with Crippen molar-refractivity contribution >= 4 is 39.1 Å². The van der Waals surface area contributed by atoms with Gasteiger partial charge in [0.05, 0.1) is 22.7 Å². The summed E-state index contributed by atoms with van der Waals surface area (Å²) in [5.74, 6) is -1.06. The van der Waals surface area contributed by atoms with E-state index in [0.29, 0.717) is 12.2 Å². The van der Waals surface area contributed by atoms with E-state index < -0.39 is 34.3 Å². The summed E-state index contributed by atoms with van der Waals surface area (Å²) in [6, 6.07) is 17.1. The van der Waals surface area contributed by atoms with Gasteiger partial charge in [-0.25, -0.2) is 12.8 Å². The standard InChI is InChI=1S/C30H35ClFN3O5S/c1-5-21(3)33-30(37)28(6-2)34(19-22-12-15-24(40-4)16-13-22)29(36)20-35(23-14-17-27(32)26(31)18-23)41(38,39)25-10-8-7-9-11-25/h7-18,21,28H,5-6,19-20H2,1-4H3,(H,33,37)/t21-,28+/m1/s1. The molecule has 41 heavy (non-hydrogen) atoms. The summed E-state index contributed by atoms with van der Waals surface area (Å²) in [5.41, 5.74) is 0.728. The fourth-order valence-corrected chi connectivity index (χ4v) is 5.78. The molecule has 0 aliphatic heterocycles. The average molecular weight is 604 g/mol. The van der Waals surface area contributed by atoms with Crippen LogP contribution in [0.4, 0.5) is 10.1 Å². The van der Waals surface area contributed by atoms with Crippen LogP contribution in [0, 0.1) is 5.82 Å². The lowest BCUT2D eigenvalue weighted by Gasteiger charge is -2.33. The molecule has 0 saturated carbocycles. The summed E-state index contributed by atoms with van der Waals surface area (Å²) in [6.07, 6.45) is 0.987. The average Bonchev–Trinajstić information content (AvgIpc) is 2.97. The fraction of sp³-hybridized carbons (Fsp3) is 0.333. The number of benzene rings is 3. The summed E-state index contributed by atoms with van der Waals surface area (Å²) in [7, 11) is -2.74. The van der Waals surface area contributed by atoms with E-state index in [4.69, 9.17) is 16.3 Å². The molecular weight excluding hydrogens is 569 g/mol. The molecule has 0 aromatic heterocycles. The van der Waals surface area contributed by atoms with Crippen molar-refractivity contribution < 1.29 is 27.1 Å². The first-order chi connectivity index (χ1) is 19.5. The lowest BCUT2D eigenvalue weighted by molar-refractivity contribution is -0.140. The highest BCUT2D eigenvalue weighted by atomic mass is 35.5. The Morgan fingerprint density at radius 1 is 1.00 bits per heavy atom. The molecule has 0 fully saturated rings. The molecule has 1 N–H and O–H groups in total. The van der Waals surface area contributed by atoms with Gasteiger partial charge in [-0.05, 0) is 67.8 Å². The van der Waals surface area contributed by atoms with Gasteiger partial charge in [-0.15, -0.1) is 0 Å². The van der Waals surface area contributed by atoms with Crippen LogP contribution in [0.15, 0.2) is 77.7 Å². The highest BCUT2D eigenvalue weighted by molar-refractivity contribution is 7.92. The molecule has 0 heterocycles. The minimum absolute atomic E-state index is 0.00936. The van der Waals surface area contributed by atoms with Gasteiger partial charge < -0.3 is 15.0 Å². The Morgan fingerprint density at radius 3 is 2.22 bits per heavy atom. The Hall–Kier alpha value is -3.63.